The van der Waals surface area contributed by atoms with Crippen molar-refractivity contribution in [3.63, 3.8) is 0 Å². The molecule has 106 valence electrons. The number of aromatic amines is 1. The summed E-state index contributed by atoms with van der Waals surface area (Å²) in [6.07, 6.45) is 1.95. The molecule has 2 aromatic carbocycles. The van der Waals surface area contributed by atoms with Crippen LogP contribution in [0.5, 0.6) is 0 Å². The summed E-state index contributed by atoms with van der Waals surface area (Å²) in [5.74, 6) is 0. The summed E-state index contributed by atoms with van der Waals surface area (Å²) >= 11 is 0. The summed E-state index contributed by atoms with van der Waals surface area (Å²) in [6.45, 7) is 4.06. The minimum absolute atomic E-state index is 0.828. The summed E-state index contributed by atoms with van der Waals surface area (Å²) < 4.78 is 12.3. The van der Waals surface area contributed by atoms with E-state index in [0.717, 1.165) is 27.1 Å². The molecule has 1 aromatic heterocycles. The zero-order valence-electron chi connectivity index (χ0n) is 12.1. The monoisotopic (exact) mass is 295 g/mol. The second-order valence-electron chi connectivity index (χ2n) is 5.12. The second-order valence-corrected chi connectivity index (χ2v) is 6.46. The Hall–Kier alpha value is -2.13. The molecule has 1 heterocycles. The third-order valence-electron chi connectivity index (χ3n) is 3.56. The van der Waals surface area contributed by atoms with Crippen molar-refractivity contribution in [3.8, 4) is 0 Å². The molecule has 0 aliphatic heterocycles. The first-order valence-corrected chi connectivity index (χ1v) is 8.09. The Labute approximate surface area is 127 Å². The third-order valence-corrected chi connectivity index (χ3v) is 4.68. The van der Waals surface area contributed by atoms with Gasteiger partial charge in [0.15, 0.2) is 0 Å². The van der Waals surface area contributed by atoms with E-state index in [1.165, 1.54) is 5.56 Å². The first-order chi connectivity index (χ1) is 10.1. The number of hydrogen-bond acceptors (Lipinski definition) is 1. The molecule has 0 aliphatic rings. The van der Waals surface area contributed by atoms with Gasteiger partial charge in [-0.1, -0.05) is 35.9 Å². The van der Waals surface area contributed by atoms with E-state index in [1.54, 1.807) is 5.41 Å². The average molecular weight is 295 g/mol. The van der Waals surface area contributed by atoms with Gasteiger partial charge in [0.05, 0.1) is 10.8 Å². The maximum atomic E-state index is 12.3. The molecule has 3 heteroatoms. The van der Waals surface area contributed by atoms with E-state index in [2.05, 4.69) is 17.1 Å². The topological polar surface area (TPSA) is 32.9 Å². The lowest BCUT2D eigenvalue weighted by molar-refractivity contribution is 0.688. The number of para-hydroxylation sites is 1. The predicted molar refractivity (Wildman–Crippen MR) is 89.7 cm³/mol. The van der Waals surface area contributed by atoms with Crippen LogP contribution in [0.25, 0.3) is 17.0 Å². The van der Waals surface area contributed by atoms with Gasteiger partial charge < -0.3 is 4.98 Å². The molecule has 0 unspecified atom stereocenters. The molecule has 0 amide bonds. The van der Waals surface area contributed by atoms with Crippen LogP contribution >= 0.6 is 0 Å². The normalized spacial score (nSPS) is 13.0. The Kier molecular flexibility index (Phi) is 3.76. The minimum atomic E-state index is -1.12. The Morgan fingerprint density at radius 2 is 1.71 bits per heavy atom. The van der Waals surface area contributed by atoms with Crippen LogP contribution in [0, 0.1) is 13.8 Å². The number of aromatic nitrogens is 1. The van der Waals surface area contributed by atoms with Gasteiger partial charge in [0, 0.05) is 32.5 Å². The number of nitrogens with one attached hydrogen (secondary N) is 1. The molecule has 0 aliphatic carbocycles. The smallest absolute Gasteiger partial charge is 0.0776 e. The number of benzene rings is 2. The van der Waals surface area contributed by atoms with Gasteiger partial charge in [-0.3, -0.25) is 0 Å². The molecule has 3 aromatic rings. The molecule has 0 saturated carbocycles. The molecule has 3 rings (SSSR count). The highest BCUT2D eigenvalue weighted by atomic mass is 32.2. The quantitative estimate of drug-likeness (QED) is 0.754. The van der Waals surface area contributed by atoms with Gasteiger partial charge in [0.2, 0.25) is 0 Å². The van der Waals surface area contributed by atoms with Gasteiger partial charge in [-0.15, -0.1) is 0 Å². The number of aryl methyl sites for hydroxylation is 2. The van der Waals surface area contributed by atoms with Crippen LogP contribution in [0.2, 0.25) is 0 Å². The lowest BCUT2D eigenvalue weighted by atomic mass is 10.1. The van der Waals surface area contributed by atoms with Crippen LogP contribution in [0.15, 0.2) is 58.8 Å². The fourth-order valence-electron chi connectivity index (χ4n) is 2.39. The largest absolute Gasteiger partial charge is 0.358 e. The van der Waals surface area contributed by atoms with Gasteiger partial charge in [0.25, 0.3) is 0 Å². The number of fused-ring (bicyclic) bond motifs is 1. The molecule has 1 N–H and O–H groups in total. The summed E-state index contributed by atoms with van der Waals surface area (Å²) in [4.78, 5) is 4.18. The van der Waals surface area contributed by atoms with Crippen molar-refractivity contribution >= 4 is 27.8 Å². The number of hydrogen-bond donors (Lipinski definition) is 1. The molecule has 21 heavy (non-hydrogen) atoms. The second kappa shape index (κ2) is 5.70. The molecule has 2 nitrogen and oxygen atoms in total. The molecule has 0 spiro atoms. The SMILES string of the molecule is Cc1ccc([S@](=O)/C=C/c2c(C)[nH]c3ccccc23)cc1. The van der Waals surface area contributed by atoms with Crippen LogP contribution in [-0.4, -0.2) is 9.19 Å². The van der Waals surface area contributed by atoms with E-state index in [0.29, 0.717) is 0 Å². The molecule has 0 saturated heterocycles. The van der Waals surface area contributed by atoms with Crippen LogP contribution in [0.3, 0.4) is 0 Å². The van der Waals surface area contributed by atoms with Crippen molar-refractivity contribution in [2.45, 2.75) is 18.7 Å². The highest BCUT2D eigenvalue weighted by Crippen LogP contribution is 2.23. The van der Waals surface area contributed by atoms with Crippen molar-refractivity contribution in [3.05, 3.63) is 70.8 Å². The summed E-state index contributed by atoms with van der Waals surface area (Å²) in [7, 11) is -1.12. The van der Waals surface area contributed by atoms with Gasteiger partial charge in [-0.2, -0.15) is 0 Å². The maximum absolute atomic E-state index is 12.3. The van der Waals surface area contributed by atoms with Gasteiger partial charge in [0.1, 0.15) is 0 Å². The minimum Gasteiger partial charge on any atom is -0.358 e. The van der Waals surface area contributed by atoms with E-state index in [-0.39, 0.29) is 0 Å². The van der Waals surface area contributed by atoms with Crippen molar-refractivity contribution < 1.29 is 4.21 Å². The Bertz CT molecular complexity index is 828. The molecule has 0 radical (unpaired) electrons. The lowest BCUT2D eigenvalue weighted by Crippen LogP contribution is -1.86. The van der Waals surface area contributed by atoms with Crippen molar-refractivity contribution in [1.29, 1.82) is 0 Å². The highest BCUT2D eigenvalue weighted by molar-refractivity contribution is 7.88. The summed E-state index contributed by atoms with van der Waals surface area (Å²) in [5.41, 5.74) is 4.47. The molecule has 1 atom stereocenters. The molecule has 0 fully saturated rings. The average Bonchev–Trinajstić information content (AvgIpc) is 2.81. The van der Waals surface area contributed by atoms with Crippen molar-refractivity contribution in [2.75, 3.05) is 0 Å². The highest BCUT2D eigenvalue weighted by Gasteiger charge is 2.05. The number of H-pyrrole nitrogens is 1. The standard InChI is InChI=1S/C18H17NOS/c1-13-7-9-15(10-8-13)21(20)12-11-16-14(2)19-18-6-4-3-5-17(16)18/h3-12,19H,1-2H3/b12-11+/t21-/m1/s1. The lowest BCUT2D eigenvalue weighted by Gasteiger charge is -1.98. The zero-order chi connectivity index (χ0) is 14.8. The predicted octanol–water partition coefficient (Wildman–Crippen LogP) is 4.56. The first-order valence-electron chi connectivity index (χ1n) is 6.88. The Balaban J connectivity index is 1.92. The van der Waals surface area contributed by atoms with E-state index >= 15 is 0 Å². The molecule has 0 bridgehead atoms. The van der Waals surface area contributed by atoms with Crippen LogP contribution < -0.4 is 0 Å². The van der Waals surface area contributed by atoms with Gasteiger partial charge in [-0.05, 0) is 38.1 Å². The van der Waals surface area contributed by atoms with E-state index in [4.69, 9.17) is 0 Å². The van der Waals surface area contributed by atoms with Gasteiger partial charge >= 0.3 is 0 Å². The molecular weight excluding hydrogens is 278 g/mol. The fourth-order valence-corrected chi connectivity index (χ4v) is 3.22. The first kappa shape index (κ1) is 13.8. The van der Waals surface area contributed by atoms with Crippen molar-refractivity contribution in [1.82, 2.24) is 4.98 Å². The van der Waals surface area contributed by atoms with E-state index in [9.17, 15) is 4.21 Å². The summed E-state index contributed by atoms with van der Waals surface area (Å²) in [6, 6.07) is 16.0. The Morgan fingerprint density at radius 3 is 2.48 bits per heavy atom. The Morgan fingerprint density at radius 1 is 1.00 bits per heavy atom. The van der Waals surface area contributed by atoms with Crippen LogP contribution in [-0.2, 0) is 10.8 Å². The van der Waals surface area contributed by atoms with Crippen molar-refractivity contribution in [2.24, 2.45) is 0 Å². The third kappa shape index (κ3) is 2.83. The van der Waals surface area contributed by atoms with Crippen LogP contribution in [0.1, 0.15) is 16.8 Å². The molecular formula is C18H17NOS. The number of rotatable bonds is 3. The fraction of sp³-hybridized carbons (Fsp3) is 0.111. The zero-order valence-corrected chi connectivity index (χ0v) is 12.9. The van der Waals surface area contributed by atoms with E-state index in [1.807, 2.05) is 56.3 Å². The van der Waals surface area contributed by atoms with Gasteiger partial charge in [-0.25, -0.2) is 4.21 Å². The maximum Gasteiger partial charge on any atom is 0.0776 e. The summed E-state index contributed by atoms with van der Waals surface area (Å²) in [5, 5.41) is 2.92. The van der Waals surface area contributed by atoms with Crippen LogP contribution in [0.4, 0.5) is 0 Å². The van der Waals surface area contributed by atoms with E-state index < -0.39 is 10.8 Å².